The molecule has 0 saturated heterocycles. The molecule has 0 saturated carbocycles. The van der Waals surface area contributed by atoms with E-state index in [4.69, 9.17) is 15.6 Å². The molecule has 132 valence electrons. The van der Waals surface area contributed by atoms with E-state index >= 15 is 0 Å². The van der Waals surface area contributed by atoms with Crippen LogP contribution >= 0.6 is 0 Å². The standard InChI is InChI=1S/C17H14N4O2.CH2O2/c18-16(23)15-14-12(8-13(22)19-17(14)21-20-15)11-6-5-9-3-1-2-4-10(9)7-11;2-1-3/h1-7,12H,8H2,(H2,18,23)(H2,19,20,21,22);1H,(H,2,3). The van der Waals surface area contributed by atoms with Gasteiger partial charge in [-0.25, -0.2) is 0 Å². The average Bonchev–Trinajstić information content (AvgIpc) is 3.05. The number of amides is 2. The minimum Gasteiger partial charge on any atom is -0.483 e. The zero-order valence-electron chi connectivity index (χ0n) is 13.6. The molecule has 1 aliphatic rings. The maximum Gasteiger partial charge on any atom is 0.290 e. The summed E-state index contributed by atoms with van der Waals surface area (Å²) in [6.45, 7) is -0.250. The zero-order valence-corrected chi connectivity index (χ0v) is 13.6. The molecule has 8 nitrogen and oxygen atoms in total. The first kappa shape index (κ1) is 17.2. The van der Waals surface area contributed by atoms with Crippen molar-refractivity contribution >= 4 is 34.9 Å². The molecule has 8 heteroatoms. The van der Waals surface area contributed by atoms with Crippen LogP contribution < -0.4 is 11.1 Å². The molecule has 0 aliphatic carbocycles. The van der Waals surface area contributed by atoms with Gasteiger partial charge < -0.3 is 16.2 Å². The fourth-order valence-electron chi connectivity index (χ4n) is 3.15. The number of nitrogens with two attached hydrogens (primary N) is 1. The van der Waals surface area contributed by atoms with E-state index in [-0.39, 0.29) is 30.4 Å². The highest BCUT2D eigenvalue weighted by Gasteiger charge is 2.33. The van der Waals surface area contributed by atoms with Crippen molar-refractivity contribution in [3.8, 4) is 0 Å². The number of hydrogen-bond acceptors (Lipinski definition) is 4. The summed E-state index contributed by atoms with van der Waals surface area (Å²) >= 11 is 0. The Morgan fingerprint density at radius 3 is 2.62 bits per heavy atom. The van der Waals surface area contributed by atoms with Crippen LogP contribution in [0.15, 0.2) is 42.5 Å². The van der Waals surface area contributed by atoms with E-state index in [1.165, 1.54) is 0 Å². The van der Waals surface area contributed by atoms with E-state index in [9.17, 15) is 9.59 Å². The summed E-state index contributed by atoms with van der Waals surface area (Å²) in [5.74, 6) is -0.573. The number of aromatic amines is 1. The van der Waals surface area contributed by atoms with Gasteiger partial charge in [-0.1, -0.05) is 42.5 Å². The number of carbonyl (C=O) groups excluding carboxylic acids is 2. The number of rotatable bonds is 2. The van der Waals surface area contributed by atoms with Gasteiger partial charge in [0, 0.05) is 17.9 Å². The van der Waals surface area contributed by atoms with Crippen LogP contribution in [0, 0.1) is 0 Å². The molecule has 1 atom stereocenters. The minimum absolute atomic E-state index is 0.127. The normalized spacial score (nSPS) is 15.4. The highest BCUT2D eigenvalue weighted by molar-refractivity contribution is 6.00. The Morgan fingerprint density at radius 1 is 1.23 bits per heavy atom. The molecule has 3 aromatic rings. The van der Waals surface area contributed by atoms with E-state index in [0.29, 0.717) is 11.4 Å². The molecular weight excluding hydrogens is 336 g/mol. The number of aromatic nitrogens is 2. The number of primary amides is 1. The smallest absolute Gasteiger partial charge is 0.290 e. The molecule has 0 fully saturated rings. The Labute approximate surface area is 148 Å². The van der Waals surface area contributed by atoms with Crippen molar-refractivity contribution in [3.63, 3.8) is 0 Å². The number of fused-ring (bicyclic) bond motifs is 2. The predicted molar refractivity (Wildman–Crippen MR) is 94.8 cm³/mol. The fourth-order valence-corrected chi connectivity index (χ4v) is 3.15. The summed E-state index contributed by atoms with van der Waals surface area (Å²) in [5, 5.41) is 18.4. The Bertz CT molecular complexity index is 996. The molecule has 2 heterocycles. The van der Waals surface area contributed by atoms with Crippen LogP contribution in [0.2, 0.25) is 0 Å². The minimum atomic E-state index is -0.583. The second kappa shape index (κ2) is 7.06. The van der Waals surface area contributed by atoms with Gasteiger partial charge in [0.15, 0.2) is 5.82 Å². The number of H-pyrrole nitrogens is 1. The van der Waals surface area contributed by atoms with E-state index in [1.807, 2.05) is 42.5 Å². The van der Waals surface area contributed by atoms with Crippen molar-refractivity contribution in [2.24, 2.45) is 5.73 Å². The van der Waals surface area contributed by atoms with E-state index < -0.39 is 5.91 Å². The first-order valence-corrected chi connectivity index (χ1v) is 7.79. The molecule has 5 N–H and O–H groups in total. The van der Waals surface area contributed by atoms with Gasteiger partial charge in [0.2, 0.25) is 5.91 Å². The Morgan fingerprint density at radius 2 is 1.92 bits per heavy atom. The molecule has 0 bridgehead atoms. The van der Waals surface area contributed by atoms with Crippen LogP contribution in [0.25, 0.3) is 10.8 Å². The van der Waals surface area contributed by atoms with Crippen molar-refractivity contribution in [1.29, 1.82) is 0 Å². The Kier molecular flexibility index (Phi) is 4.66. The number of nitrogens with zero attached hydrogens (tertiary/aromatic N) is 1. The number of carboxylic acid groups (broad SMARTS) is 1. The van der Waals surface area contributed by atoms with Gasteiger partial charge in [-0.3, -0.25) is 19.5 Å². The van der Waals surface area contributed by atoms with Crippen LogP contribution in [0.3, 0.4) is 0 Å². The third-order valence-corrected chi connectivity index (χ3v) is 4.22. The molecule has 26 heavy (non-hydrogen) atoms. The second-order valence-electron chi connectivity index (χ2n) is 5.74. The molecule has 4 rings (SSSR count). The fraction of sp³-hybridized carbons (Fsp3) is 0.111. The van der Waals surface area contributed by atoms with Crippen LogP contribution in [-0.4, -0.2) is 33.6 Å². The quantitative estimate of drug-likeness (QED) is 0.521. The SMILES string of the molecule is NC(=O)c1[nH]nc2c1C(c1ccc3ccccc3c1)CC(=O)N2.O=CO. The van der Waals surface area contributed by atoms with Gasteiger partial charge in [-0.2, -0.15) is 5.10 Å². The van der Waals surface area contributed by atoms with Gasteiger partial charge in [-0.15, -0.1) is 0 Å². The van der Waals surface area contributed by atoms with Crippen molar-refractivity contribution in [1.82, 2.24) is 10.2 Å². The average molecular weight is 352 g/mol. The monoisotopic (exact) mass is 352 g/mol. The summed E-state index contributed by atoms with van der Waals surface area (Å²) < 4.78 is 0. The molecule has 2 amide bonds. The van der Waals surface area contributed by atoms with Crippen LogP contribution in [0.4, 0.5) is 5.82 Å². The van der Waals surface area contributed by atoms with E-state index in [2.05, 4.69) is 15.5 Å². The highest BCUT2D eigenvalue weighted by Crippen LogP contribution is 2.38. The zero-order chi connectivity index (χ0) is 18.7. The van der Waals surface area contributed by atoms with E-state index in [1.54, 1.807) is 0 Å². The van der Waals surface area contributed by atoms with Crippen LogP contribution in [0.1, 0.15) is 34.0 Å². The number of carbonyl (C=O) groups is 3. The van der Waals surface area contributed by atoms with Gasteiger partial charge >= 0.3 is 0 Å². The molecule has 0 spiro atoms. The maximum absolute atomic E-state index is 12.0. The van der Waals surface area contributed by atoms with Crippen LogP contribution in [0.5, 0.6) is 0 Å². The first-order chi connectivity index (χ1) is 12.5. The largest absolute Gasteiger partial charge is 0.483 e. The number of anilines is 1. The van der Waals surface area contributed by atoms with Crippen LogP contribution in [-0.2, 0) is 9.59 Å². The van der Waals surface area contributed by atoms with Gasteiger partial charge in [0.1, 0.15) is 5.69 Å². The lowest BCUT2D eigenvalue weighted by Crippen LogP contribution is -2.25. The molecule has 2 aromatic carbocycles. The Balaban J connectivity index is 0.000000613. The number of benzene rings is 2. The lowest BCUT2D eigenvalue weighted by atomic mass is 9.84. The number of hydrogen-bond donors (Lipinski definition) is 4. The predicted octanol–water partition coefficient (Wildman–Crippen LogP) is 1.84. The topological polar surface area (TPSA) is 138 Å². The summed E-state index contributed by atoms with van der Waals surface area (Å²) in [5.41, 5.74) is 7.29. The van der Waals surface area contributed by atoms with Gasteiger partial charge in [0.25, 0.3) is 12.4 Å². The summed E-state index contributed by atoms with van der Waals surface area (Å²) in [4.78, 5) is 32.0. The third kappa shape index (κ3) is 3.12. The van der Waals surface area contributed by atoms with E-state index in [0.717, 1.165) is 16.3 Å². The van der Waals surface area contributed by atoms with Crippen molar-refractivity contribution in [2.75, 3.05) is 5.32 Å². The summed E-state index contributed by atoms with van der Waals surface area (Å²) in [6.07, 6.45) is 0.255. The molecule has 1 unspecified atom stereocenters. The molecule has 1 aromatic heterocycles. The lowest BCUT2D eigenvalue weighted by Gasteiger charge is -2.23. The lowest BCUT2D eigenvalue weighted by molar-refractivity contribution is -0.123. The molecule has 0 radical (unpaired) electrons. The van der Waals surface area contributed by atoms with Gasteiger partial charge in [0.05, 0.1) is 0 Å². The number of nitrogens with one attached hydrogen (secondary N) is 2. The van der Waals surface area contributed by atoms with Gasteiger partial charge in [-0.05, 0) is 16.3 Å². The summed E-state index contributed by atoms with van der Waals surface area (Å²) in [7, 11) is 0. The molecule has 1 aliphatic heterocycles. The highest BCUT2D eigenvalue weighted by atomic mass is 16.3. The molecular formula is C18H16N4O4. The summed E-state index contributed by atoms with van der Waals surface area (Å²) in [6, 6.07) is 14.0. The second-order valence-corrected chi connectivity index (χ2v) is 5.74. The van der Waals surface area contributed by atoms with Crippen molar-refractivity contribution in [3.05, 3.63) is 59.3 Å². The maximum atomic E-state index is 12.0. The Hall–Kier alpha value is -3.68. The van der Waals surface area contributed by atoms with Crippen molar-refractivity contribution < 1.29 is 19.5 Å². The first-order valence-electron chi connectivity index (χ1n) is 7.79. The van der Waals surface area contributed by atoms with Crippen molar-refractivity contribution in [2.45, 2.75) is 12.3 Å². The third-order valence-electron chi connectivity index (χ3n) is 4.22.